The molecule has 72 valence electrons. The normalized spacial score (nSPS) is 45.8. The monoisotopic (exact) mass is 206 g/mol. The molecule has 0 saturated carbocycles. The Bertz CT molecular complexity index is 140. The van der Waals surface area contributed by atoms with Gasteiger partial charge in [-0.2, -0.15) is 0 Å². The molecule has 0 aliphatic carbocycles. The van der Waals surface area contributed by atoms with Crippen LogP contribution in [-0.4, -0.2) is 28.8 Å². The Kier molecular flexibility index (Phi) is 3.92. The van der Waals surface area contributed by atoms with Crippen LogP contribution in [0, 0.1) is 0 Å². The molecule has 1 aliphatic rings. The van der Waals surface area contributed by atoms with Crippen molar-refractivity contribution in [2.45, 2.75) is 51.9 Å². The van der Waals surface area contributed by atoms with Gasteiger partial charge in [-0.15, -0.1) is 0 Å². The molecule has 0 spiro atoms. The molecule has 0 amide bonds. The van der Waals surface area contributed by atoms with Crippen molar-refractivity contribution in [3.05, 3.63) is 0 Å². The van der Waals surface area contributed by atoms with Crippen LogP contribution < -0.4 is 5.32 Å². The summed E-state index contributed by atoms with van der Waals surface area (Å²) in [5.41, 5.74) is 0. The zero-order chi connectivity index (χ0) is 9.30. The number of piperazine rings is 1. The highest BCUT2D eigenvalue weighted by molar-refractivity contribution is 8.01. The quantitative estimate of drug-likeness (QED) is 0.658. The van der Waals surface area contributed by atoms with Crippen LogP contribution in [0.2, 0.25) is 0 Å². The van der Waals surface area contributed by atoms with Gasteiger partial charge in [0, 0.05) is 24.2 Å². The SMILES string of the molecule is CC1NC(C)C(C)N(PP)C1C. The minimum absolute atomic E-state index is 0.615. The van der Waals surface area contributed by atoms with Crippen molar-refractivity contribution in [1.82, 2.24) is 9.99 Å². The van der Waals surface area contributed by atoms with Crippen molar-refractivity contribution < 1.29 is 0 Å². The maximum absolute atomic E-state index is 3.60. The van der Waals surface area contributed by atoms with Crippen molar-refractivity contribution in [1.29, 1.82) is 0 Å². The summed E-state index contributed by atoms with van der Waals surface area (Å²) in [5.74, 6) is 0. The Morgan fingerprint density at radius 2 is 1.50 bits per heavy atom. The highest BCUT2D eigenvalue weighted by Gasteiger charge is 2.32. The van der Waals surface area contributed by atoms with E-state index in [4.69, 9.17) is 0 Å². The fraction of sp³-hybridized carbons (Fsp3) is 1.00. The van der Waals surface area contributed by atoms with Crippen molar-refractivity contribution in [2.75, 3.05) is 0 Å². The predicted octanol–water partition coefficient (Wildman–Crippen LogP) is 1.83. The van der Waals surface area contributed by atoms with Crippen molar-refractivity contribution in [3.8, 4) is 0 Å². The Balaban J connectivity index is 2.67. The minimum Gasteiger partial charge on any atom is -0.309 e. The van der Waals surface area contributed by atoms with E-state index in [9.17, 15) is 0 Å². The standard InChI is InChI=1S/C8H20N2P2/c1-5-7(3)10(12-11)8(4)6(2)9-5/h5-9,12H,11H2,1-4H3. The lowest BCUT2D eigenvalue weighted by atomic mass is 10.0. The molecule has 1 N–H and O–H groups in total. The Labute approximate surface area is 79.8 Å². The Morgan fingerprint density at radius 1 is 1.08 bits per heavy atom. The molecule has 1 heterocycles. The topological polar surface area (TPSA) is 15.3 Å². The van der Waals surface area contributed by atoms with Gasteiger partial charge in [-0.05, 0) is 36.1 Å². The van der Waals surface area contributed by atoms with Crippen LogP contribution in [-0.2, 0) is 0 Å². The molecule has 4 heteroatoms. The zero-order valence-electron chi connectivity index (χ0n) is 8.33. The molecular weight excluding hydrogens is 186 g/mol. The van der Waals surface area contributed by atoms with E-state index < -0.39 is 0 Å². The molecule has 2 nitrogen and oxygen atoms in total. The smallest absolute Gasteiger partial charge is 0.0261 e. The van der Waals surface area contributed by atoms with E-state index in [2.05, 4.69) is 46.6 Å². The van der Waals surface area contributed by atoms with Gasteiger partial charge in [0.25, 0.3) is 0 Å². The van der Waals surface area contributed by atoms with Gasteiger partial charge in [-0.3, -0.25) is 4.67 Å². The third kappa shape index (κ3) is 1.99. The molecule has 1 rings (SSSR count). The Hall–Kier alpha value is 0.780. The molecule has 0 aromatic rings. The third-order valence-corrected chi connectivity index (χ3v) is 5.01. The molecule has 0 aromatic heterocycles. The van der Waals surface area contributed by atoms with Crippen LogP contribution in [0.25, 0.3) is 0 Å². The minimum atomic E-state index is 0.615. The van der Waals surface area contributed by atoms with E-state index in [1.807, 2.05) is 0 Å². The van der Waals surface area contributed by atoms with Crippen LogP contribution in [0.4, 0.5) is 0 Å². The summed E-state index contributed by atoms with van der Waals surface area (Å²) in [6.45, 7) is 9.14. The molecule has 6 atom stereocenters. The van der Waals surface area contributed by atoms with E-state index in [1.165, 1.54) is 0 Å². The van der Waals surface area contributed by atoms with E-state index in [1.54, 1.807) is 0 Å². The fourth-order valence-electron chi connectivity index (χ4n) is 1.78. The number of rotatable bonds is 1. The second-order valence-corrected chi connectivity index (χ2v) is 5.31. The van der Waals surface area contributed by atoms with Crippen molar-refractivity contribution >= 4 is 17.3 Å². The van der Waals surface area contributed by atoms with Gasteiger partial charge in [-0.25, -0.2) is 0 Å². The van der Waals surface area contributed by atoms with Gasteiger partial charge >= 0.3 is 0 Å². The molecular formula is C8H20N2P2. The van der Waals surface area contributed by atoms with Crippen LogP contribution in [0.15, 0.2) is 0 Å². The van der Waals surface area contributed by atoms with Crippen LogP contribution in [0.5, 0.6) is 0 Å². The van der Waals surface area contributed by atoms with Crippen LogP contribution >= 0.6 is 17.3 Å². The van der Waals surface area contributed by atoms with Crippen LogP contribution in [0.3, 0.4) is 0 Å². The van der Waals surface area contributed by atoms with Crippen molar-refractivity contribution in [2.24, 2.45) is 0 Å². The molecule has 6 unspecified atom stereocenters. The maximum atomic E-state index is 3.60. The van der Waals surface area contributed by atoms with E-state index in [0.29, 0.717) is 24.2 Å². The summed E-state index contributed by atoms with van der Waals surface area (Å²) in [6.07, 6.45) is 0. The van der Waals surface area contributed by atoms with Crippen LogP contribution in [0.1, 0.15) is 27.7 Å². The van der Waals surface area contributed by atoms with Gasteiger partial charge in [0.2, 0.25) is 0 Å². The lowest BCUT2D eigenvalue weighted by Gasteiger charge is -2.46. The number of hydrogen-bond donors (Lipinski definition) is 1. The van der Waals surface area contributed by atoms with E-state index in [-0.39, 0.29) is 0 Å². The predicted molar refractivity (Wildman–Crippen MR) is 60.8 cm³/mol. The molecule has 1 aliphatic heterocycles. The van der Waals surface area contributed by atoms with Crippen molar-refractivity contribution in [3.63, 3.8) is 0 Å². The van der Waals surface area contributed by atoms with Gasteiger partial charge in [0.05, 0.1) is 0 Å². The molecule has 12 heavy (non-hydrogen) atoms. The fourth-order valence-corrected chi connectivity index (χ4v) is 4.11. The largest absolute Gasteiger partial charge is 0.309 e. The van der Waals surface area contributed by atoms with E-state index >= 15 is 0 Å². The van der Waals surface area contributed by atoms with E-state index in [0.717, 1.165) is 8.42 Å². The third-order valence-electron chi connectivity index (χ3n) is 3.00. The average molecular weight is 206 g/mol. The van der Waals surface area contributed by atoms with Gasteiger partial charge in [0.1, 0.15) is 0 Å². The van der Waals surface area contributed by atoms with Gasteiger partial charge < -0.3 is 5.32 Å². The number of nitrogens with zero attached hydrogens (tertiary/aromatic N) is 1. The summed E-state index contributed by atoms with van der Waals surface area (Å²) in [6, 6.07) is 2.55. The summed E-state index contributed by atoms with van der Waals surface area (Å²) < 4.78 is 2.57. The highest BCUT2D eigenvalue weighted by atomic mass is 32.0. The first kappa shape index (κ1) is 10.9. The number of nitrogens with one attached hydrogen (secondary N) is 1. The first-order valence-electron chi connectivity index (χ1n) is 4.58. The summed E-state index contributed by atoms with van der Waals surface area (Å²) in [4.78, 5) is 0. The lowest BCUT2D eigenvalue weighted by molar-refractivity contribution is 0.151. The second-order valence-electron chi connectivity index (χ2n) is 3.76. The molecule has 0 aromatic carbocycles. The highest BCUT2D eigenvalue weighted by Crippen LogP contribution is 2.35. The first-order chi connectivity index (χ1) is 5.57. The zero-order valence-corrected chi connectivity index (χ0v) is 10.5. The maximum Gasteiger partial charge on any atom is 0.0261 e. The molecule has 1 saturated heterocycles. The Morgan fingerprint density at radius 3 is 1.83 bits per heavy atom. The lowest BCUT2D eigenvalue weighted by Crippen LogP contribution is -2.60. The average Bonchev–Trinajstić information content (AvgIpc) is 2.02. The number of hydrogen-bond acceptors (Lipinski definition) is 2. The molecule has 1 fully saturated rings. The molecule has 0 bridgehead atoms. The molecule has 0 radical (unpaired) electrons. The second kappa shape index (κ2) is 4.33. The first-order valence-corrected chi connectivity index (χ1v) is 7.34. The summed E-state index contributed by atoms with van der Waals surface area (Å²) in [7, 11) is 3.70. The van der Waals surface area contributed by atoms with Gasteiger partial charge in [-0.1, -0.05) is 8.93 Å². The summed E-state index contributed by atoms with van der Waals surface area (Å²) in [5, 5.41) is 3.60. The van der Waals surface area contributed by atoms with Gasteiger partial charge in [0.15, 0.2) is 0 Å². The summed E-state index contributed by atoms with van der Waals surface area (Å²) >= 11 is 0.